The van der Waals surface area contributed by atoms with Crippen LogP contribution in [0.5, 0.6) is 0 Å². The van der Waals surface area contributed by atoms with E-state index in [9.17, 15) is 18.0 Å². The Morgan fingerprint density at radius 1 is 1.03 bits per heavy atom. The third kappa shape index (κ3) is 8.29. The monoisotopic (exact) mass is 585 g/mol. The third-order valence-electron chi connectivity index (χ3n) is 5.21. The highest BCUT2D eigenvalue weighted by molar-refractivity contribution is 14.1. The molecule has 2 aromatic carbocycles. The maximum Gasteiger partial charge on any atom is 0.244 e. The van der Waals surface area contributed by atoms with Crippen LogP contribution in [0.15, 0.2) is 54.6 Å². The predicted octanol–water partition coefficient (Wildman–Crippen LogP) is 3.78. The van der Waals surface area contributed by atoms with Gasteiger partial charge in [-0.2, -0.15) is 0 Å². The summed E-state index contributed by atoms with van der Waals surface area (Å²) >= 11 is 2.14. The maximum absolute atomic E-state index is 13.5. The molecule has 9 heteroatoms. The lowest BCUT2D eigenvalue weighted by atomic mass is 10.1. The summed E-state index contributed by atoms with van der Waals surface area (Å²) in [7, 11) is -3.72. The minimum atomic E-state index is -3.72. The van der Waals surface area contributed by atoms with Crippen molar-refractivity contribution in [2.24, 2.45) is 0 Å². The molecule has 2 aromatic rings. The van der Waals surface area contributed by atoms with Gasteiger partial charge in [-0.15, -0.1) is 0 Å². The van der Waals surface area contributed by atoms with E-state index in [2.05, 4.69) is 27.9 Å². The summed E-state index contributed by atoms with van der Waals surface area (Å²) in [6, 6.07) is 15.6. The number of hydrogen-bond donors (Lipinski definition) is 1. The molecule has 0 fully saturated rings. The molecular weight excluding hydrogens is 553 g/mol. The van der Waals surface area contributed by atoms with Gasteiger partial charge < -0.3 is 10.2 Å². The number of benzene rings is 2. The fraction of sp³-hybridized carbons (Fsp3) is 0.417. The first-order valence-corrected chi connectivity index (χ1v) is 13.9. The molecular formula is C24H32IN3O4S. The van der Waals surface area contributed by atoms with E-state index in [1.165, 1.54) is 4.90 Å². The number of anilines is 1. The summed E-state index contributed by atoms with van der Waals surface area (Å²) < 4.78 is 27.2. The molecule has 0 spiro atoms. The molecule has 33 heavy (non-hydrogen) atoms. The SMILES string of the molecule is CCCCNC(=O)[C@H](CC)N(Cc1ccccc1)C(=O)CN(c1ccc(I)cc1)S(C)(=O)=O. The van der Waals surface area contributed by atoms with Gasteiger partial charge >= 0.3 is 0 Å². The van der Waals surface area contributed by atoms with Crippen LogP contribution in [0.3, 0.4) is 0 Å². The van der Waals surface area contributed by atoms with E-state index in [1.807, 2.05) is 44.2 Å². The third-order valence-corrected chi connectivity index (χ3v) is 7.06. The van der Waals surface area contributed by atoms with Crippen LogP contribution >= 0.6 is 22.6 Å². The van der Waals surface area contributed by atoms with Crippen molar-refractivity contribution in [1.29, 1.82) is 0 Å². The molecule has 0 aliphatic rings. The van der Waals surface area contributed by atoms with E-state index in [0.717, 1.165) is 32.5 Å². The Balaban J connectivity index is 2.35. The van der Waals surface area contributed by atoms with Crippen molar-refractivity contribution in [2.75, 3.05) is 23.7 Å². The van der Waals surface area contributed by atoms with Gasteiger partial charge in [0.25, 0.3) is 0 Å². The first-order chi connectivity index (χ1) is 15.7. The van der Waals surface area contributed by atoms with Crippen molar-refractivity contribution in [1.82, 2.24) is 10.2 Å². The van der Waals surface area contributed by atoms with Crippen molar-refractivity contribution in [2.45, 2.75) is 45.7 Å². The number of halogens is 1. The van der Waals surface area contributed by atoms with Gasteiger partial charge in [-0.25, -0.2) is 8.42 Å². The molecule has 2 rings (SSSR count). The Morgan fingerprint density at radius 3 is 2.21 bits per heavy atom. The zero-order valence-corrected chi connectivity index (χ0v) is 22.3. The number of rotatable bonds is 12. The molecule has 180 valence electrons. The van der Waals surface area contributed by atoms with Crippen LogP contribution in [0.1, 0.15) is 38.7 Å². The predicted molar refractivity (Wildman–Crippen MR) is 140 cm³/mol. The molecule has 1 atom stereocenters. The molecule has 0 saturated heterocycles. The lowest BCUT2D eigenvalue weighted by Crippen LogP contribution is -2.52. The van der Waals surface area contributed by atoms with Gasteiger partial charge in [0.1, 0.15) is 12.6 Å². The number of hydrogen-bond acceptors (Lipinski definition) is 4. The molecule has 0 aromatic heterocycles. The summed E-state index contributed by atoms with van der Waals surface area (Å²) in [6.07, 6.45) is 3.29. The van der Waals surface area contributed by atoms with E-state index < -0.39 is 22.0 Å². The molecule has 0 saturated carbocycles. The Bertz CT molecular complexity index is 1010. The molecule has 0 unspecified atom stereocenters. The number of unbranched alkanes of at least 4 members (excludes halogenated alkanes) is 1. The van der Waals surface area contributed by atoms with Crippen LogP contribution in [0, 0.1) is 3.57 Å². The Morgan fingerprint density at radius 2 is 1.67 bits per heavy atom. The fourth-order valence-corrected chi connectivity index (χ4v) is 4.64. The van der Waals surface area contributed by atoms with E-state index in [4.69, 9.17) is 0 Å². The summed E-state index contributed by atoms with van der Waals surface area (Å²) in [5, 5.41) is 2.91. The summed E-state index contributed by atoms with van der Waals surface area (Å²) in [5.74, 6) is -0.657. The minimum absolute atomic E-state index is 0.212. The molecule has 0 aliphatic carbocycles. The lowest BCUT2D eigenvalue weighted by molar-refractivity contribution is -0.140. The van der Waals surface area contributed by atoms with E-state index in [0.29, 0.717) is 18.7 Å². The van der Waals surface area contributed by atoms with Crippen LogP contribution in [0.2, 0.25) is 0 Å². The molecule has 0 heterocycles. The topological polar surface area (TPSA) is 86.8 Å². The van der Waals surface area contributed by atoms with E-state index in [1.54, 1.807) is 24.3 Å². The van der Waals surface area contributed by atoms with Crippen molar-refractivity contribution in [3.05, 3.63) is 63.7 Å². The van der Waals surface area contributed by atoms with Crippen LogP contribution in [-0.2, 0) is 26.2 Å². The highest BCUT2D eigenvalue weighted by atomic mass is 127. The van der Waals surface area contributed by atoms with Crippen molar-refractivity contribution < 1.29 is 18.0 Å². The van der Waals surface area contributed by atoms with Gasteiger partial charge in [-0.05, 0) is 65.3 Å². The summed E-state index contributed by atoms with van der Waals surface area (Å²) in [6.45, 7) is 4.26. The standard InChI is InChI=1S/C24H32IN3O4S/c1-4-6-16-26-24(30)22(5-2)27(17-19-10-8-7-9-11-19)23(29)18-28(33(3,31)32)21-14-12-20(25)13-15-21/h7-15,22H,4-6,16-18H2,1-3H3,(H,26,30)/t22-/m0/s1. The zero-order chi connectivity index (χ0) is 24.4. The second kappa shape index (κ2) is 12.9. The second-order valence-corrected chi connectivity index (χ2v) is 11.0. The number of nitrogens with one attached hydrogen (secondary N) is 1. The normalized spacial score (nSPS) is 12.1. The van der Waals surface area contributed by atoms with Gasteiger partial charge in [-0.3, -0.25) is 13.9 Å². The lowest BCUT2D eigenvalue weighted by Gasteiger charge is -2.33. The van der Waals surface area contributed by atoms with Crippen LogP contribution < -0.4 is 9.62 Å². The van der Waals surface area contributed by atoms with Crippen LogP contribution in [-0.4, -0.2) is 50.5 Å². The Labute approximate surface area is 210 Å². The zero-order valence-electron chi connectivity index (χ0n) is 19.3. The number of carbonyl (C=O) groups excluding carboxylic acids is 2. The van der Waals surface area contributed by atoms with E-state index in [-0.39, 0.29) is 19.0 Å². The van der Waals surface area contributed by atoms with E-state index >= 15 is 0 Å². The Kier molecular flexibility index (Phi) is 10.6. The molecule has 2 amide bonds. The van der Waals surface area contributed by atoms with Crippen LogP contribution in [0.4, 0.5) is 5.69 Å². The highest BCUT2D eigenvalue weighted by Crippen LogP contribution is 2.21. The Hall–Kier alpha value is -2.14. The van der Waals surface area contributed by atoms with Gasteiger partial charge in [0.2, 0.25) is 21.8 Å². The van der Waals surface area contributed by atoms with Crippen LogP contribution in [0.25, 0.3) is 0 Å². The molecule has 1 N–H and O–H groups in total. The minimum Gasteiger partial charge on any atom is -0.354 e. The van der Waals surface area contributed by atoms with Gasteiger partial charge in [0.15, 0.2) is 0 Å². The second-order valence-electron chi connectivity index (χ2n) is 7.82. The van der Waals surface area contributed by atoms with Gasteiger partial charge in [-0.1, -0.05) is 50.6 Å². The largest absolute Gasteiger partial charge is 0.354 e. The number of nitrogens with zero attached hydrogens (tertiary/aromatic N) is 2. The smallest absolute Gasteiger partial charge is 0.244 e. The average Bonchev–Trinajstić information content (AvgIpc) is 2.78. The average molecular weight is 586 g/mol. The first-order valence-electron chi connectivity index (χ1n) is 11.0. The fourth-order valence-electron chi connectivity index (χ4n) is 3.43. The van der Waals surface area contributed by atoms with Crippen molar-refractivity contribution in [3.8, 4) is 0 Å². The number of sulfonamides is 1. The van der Waals surface area contributed by atoms with Crippen molar-refractivity contribution in [3.63, 3.8) is 0 Å². The number of amides is 2. The molecule has 0 bridgehead atoms. The highest BCUT2D eigenvalue weighted by Gasteiger charge is 2.31. The summed E-state index contributed by atoms with van der Waals surface area (Å²) in [4.78, 5) is 27.9. The number of carbonyl (C=O) groups is 2. The van der Waals surface area contributed by atoms with Gasteiger partial charge in [0.05, 0.1) is 11.9 Å². The maximum atomic E-state index is 13.5. The first kappa shape index (κ1) is 27.1. The van der Waals surface area contributed by atoms with Crippen molar-refractivity contribution >= 4 is 50.1 Å². The molecule has 7 nitrogen and oxygen atoms in total. The molecule has 0 aliphatic heterocycles. The quantitative estimate of drug-likeness (QED) is 0.304. The van der Waals surface area contributed by atoms with Gasteiger partial charge in [0, 0.05) is 16.7 Å². The summed E-state index contributed by atoms with van der Waals surface area (Å²) in [5.41, 5.74) is 1.28. The molecule has 0 radical (unpaired) electrons.